The molecule has 3 heterocycles. The van der Waals surface area contributed by atoms with Gasteiger partial charge in [-0.1, -0.05) is 25.1 Å². The van der Waals surface area contributed by atoms with Crippen LogP contribution in [0, 0.1) is 0 Å². The lowest BCUT2D eigenvalue weighted by atomic mass is 9.87. The molecule has 5 rings (SSSR count). The molecule has 36 heavy (non-hydrogen) atoms. The van der Waals surface area contributed by atoms with Crippen LogP contribution in [0.1, 0.15) is 49.8 Å². The lowest BCUT2D eigenvalue weighted by Crippen LogP contribution is -2.45. The molecule has 1 N–H and O–H groups in total. The Hall–Kier alpha value is -3.75. The quantitative estimate of drug-likeness (QED) is 0.620. The first kappa shape index (κ1) is 24.0. The molecule has 2 aromatic rings. The van der Waals surface area contributed by atoms with Gasteiger partial charge in [0.05, 0.1) is 26.4 Å². The summed E-state index contributed by atoms with van der Waals surface area (Å²) >= 11 is 0. The third-order valence-corrected chi connectivity index (χ3v) is 7.31. The van der Waals surface area contributed by atoms with E-state index in [2.05, 4.69) is 5.32 Å². The van der Waals surface area contributed by atoms with E-state index in [1.54, 1.807) is 36.3 Å². The highest BCUT2D eigenvalue weighted by molar-refractivity contribution is 6.09. The highest BCUT2D eigenvalue weighted by atomic mass is 16.5. The van der Waals surface area contributed by atoms with Crippen LogP contribution in [0.3, 0.4) is 0 Å². The fourth-order valence-electron chi connectivity index (χ4n) is 5.31. The zero-order chi connectivity index (χ0) is 25.3. The second-order valence-electron chi connectivity index (χ2n) is 9.31. The summed E-state index contributed by atoms with van der Waals surface area (Å²) in [6, 6.07) is 12.1. The third-order valence-electron chi connectivity index (χ3n) is 7.31. The predicted molar refractivity (Wildman–Crippen MR) is 131 cm³/mol. The molecule has 2 fully saturated rings. The molecule has 0 spiro atoms. The van der Waals surface area contributed by atoms with Gasteiger partial charge >= 0.3 is 6.03 Å². The van der Waals surface area contributed by atoms with Gasteiger partial charge in [-0.15, -0.1) is 0 Å². The Morgan fingerprint density at radius 3 is 2.56 bits per heavy atom. The molecule has 4 amide bonds. The number of amides is 4. The predicted octanol–water partition coefficient (Wildman–Crippen LogP) is 3.38. The van der Waals surface area contributed by atoms with E-state index in [-0.39, 0.29) is 18.5 Å². The number of methoxy groups -OCH3 is 1. The Morgan fingerprint density at radius 2 is 1.83 bits per heavy atom. The van der Waals surface area contributed by atoms with E-state index in [0.717, 1.165) is 29.7 Å². The molecule has 0 aromatic heterocycles. The largest absolute Gasteiger partial charge is 0.497 e. The number of imide groups is 1. The molecule has 0 radical (unpaired) electrons. The van der Waals surface area contributed by atoms with Crippen molar-refractivity contribution in [1.82, 2.24) is 15.1 Å². The topological polar surface area (TPSA) is 97.4 Å². The van der Waals surface area contributed by atoms with Gasteiger partial charge in [0, 0.05) is 13.0 Å². The van der Waals surface area contributed by atoms with Crippen molar-refractivity contribution in [2.24, 2.45) is 0 Å². The smallest absolute Gasteiger partial charge is 0.325 e. The minimum absolute atomic E-state index is 0.145. The minimum atomic E-state index is -1.21. The number of hydrogen-bond donors (Lipinski definition) is 1. The van der Waals surface area contributed by atoms with Crippen LogP contribution in [0.15, 0.2) is 42.5 Å². The van der Waals surface area contributed by atoms with Gasteiger partial charge in [0.15, 0.2) is 11.5 Å². The van der Waals surface area contributed by atoms with E-state index in [4.69, 9.17) is 14.2 Å². The molecule has 2 atom stereocenters. The van der Waals surface area contributed by atoms with Crippen LogP contribution in [0.4, 0.5) is 4.79 Å². The van der Waals surface area contributed by atoms with Gasteiger partial charge in [0.25, 0.3) is 5.91 Å². The first-order chi connectivity index (χ1) is 17.5. The number of urea groups is 1. The number of benzene rings is 2. The van der Waals surface area contributed by atoms with Gasteiger partial charge in [-0.3, -0.25) is 14.5 Å². The number of fused-ring (bicyclic) bond motifs is 1. The van der Waals surface area contributed by atoms with E-state index in [1.807, 2.05) is 25.1 Å². The Labute approximate surface area is 210 Å². The van der Waals surface area contributed by atoms with Gasteiger partial charge in [-0.25, -0.2) is 4.79 Å². The molecular weight excluding hydrogens is 462 g/mol. The standard InChI is InChI=1S/C27H31N3O6/c1-3-27(19-8-10-20(34-2)11-9-19)25(32)30(26(33)28-27)17-24(31)29-13-4-6-21(29)18-7-12-22-23(16-18)36-15-5-14-35-22/h7-12,16,21H,3-6,13-15,17H2,1-2H3,(H,28,33)/t21-,27+/m1/s1. The number of likely N-dealkylation sites (tertiary alicyclic amines) is 1. The number of carbonyl (C=O) groups excluding carboxylic acids is 3. The average molecular weight is 494 g/mol. The van der Waals surface area contributed by atoms with Crippen molar-refractivity contribution in [2.45, 2.75) is 44.2 Å². The zero-order valence-corrected chi connectivity index (χ0v) is 20.6. The van der Waals surface area contributed by atoms with Crippen molar-refractivity contribution >= 4 is 17.8 Å². The van der Waals surface area contributed by atoms with Gasteiger partial charge in [0.1, 0.15) is 17.8 Å². The molecule has 9 heteroatoms. The van der Waals surface area contributed by atoms with E-state index in [0.29, 0.717) is 49.0 Å². The van der Waals surface area contributed by atoms with Crippen LogP contribution >= 0.6 is 0 Å². The maximum Gasteiger partial charge on any atom is 0.325 e. The average Bonchev–Trinajstić information content (AvgIpc) is 3.39. The molecule has 0 unspecified atom stereocenters. The van der Waals surface area contributed by atoms with E-state index in [1.165, 1.54) is 0 Å². The van der Waals surface area contributed by atoms with E-state index >= 15 is 0 Å². The summed E-state index contributed by atoms with van der Waals surface area (Å²) in [5, 5.41) is 2.85. The Morgan fingerprint density at radius 1 is 1.08 bits per heavy atom. The van der Waals surface area contributed by atoms with Crippen molar-refractivity contribution in [2.75, 3.05) is 33.4 Å². The second kappa shape index (κ2) is 9.72. The third kappa shape index (κ3) is 4.12. The lowest BCUT2D eigenvalue weighted by Gasteiger charge is -2.28. The van der Waals surface area contributed by atoms with Gasteiger partial charge < -0.3 is 24.4 Å². The zero-order valence-electron chi connectivity index (χ0n) is 20.6. The fourth-order valence-corrected chi connectivity index (χ4v) is 5.31. The number of nitrogens with one attached hydrogen (secondary N) is 1. The summed E-state index contributed by atoms with van der Waals surface area (Å²) in [7, 11) is 1.57. The van der Waals surface area contributed by atoms with Crippen LogP contribution in [0.5, 0.6) is 17.2 Å². The van der Waals surface area contributed by atoms with Crippen molar-refractivity contribution in [3.8, 4) is 17.2 Å². The van der Waals surface area contributed by atoms with Crippen molar-refractivity contribution in [1.29, 1.82) is 0 Å². The first-order valence-corrected chi connectivity index (χ1v) is 12.4. The summed E-state index contributed by atoms with van der Waals surface area (Å²) in [4.78, 5) is 42.7. The molecule has 9 nitrogen and oxygen atoms in total. The maximum absolute atomic E-state index is 13.5. The summed E-state index contributed by atoms with van der Waals surface area (Å²) in [6.07, 6.45) is 2.82. The normalized spacial score (nSPS) is 23.4. The van der Waals surface area contributed by atoms with Crippen molar-refractivity contribution in [3.63, 3.8) is 0 Å². The van der Waals surface area contributed by atoms with Gasteiger partial charge in [-0.05, 0) is 54.7 Å². The molecule has 0 aliphatic carbocycles. The minimum Gasteiger partial charge on any atom is -0.497 e. The summed E-state index contributed by atoms with van der Waals surface area (Å²) in [6.45, 7) is 3.31. The number of rotatable bonds is 6. The van der Waals surface area contributed by atoms with Gasteiger partial charge in [-0.2, -0.15) is 0 Å². The molecule has 3 aliphatic rings. The lowest BCUT2D eigenvalue weighted by molar-refractivity contribution is -0.139. The molecular formula is C27H31N3O6. The van der Waals surface area contributed by atoms with Gasteiger partial charge in [0.2, 0.25) is 5.91 Å². The Kier molecular flexibility index (Phi) is 6.47. The van der Waals surface area contributed by atoms with Crippen LogP contribution in [0.2, 0.25) is 0 Å². The highest BCUT2D eigenvalue weighted by Crippen LogP contribution is 2.39. The highest BCUT2D eigenvalue weighted by Gasteiger charge is 2.52. The molecule has 2 aromatic carbocycles. The summed E-state index contributed by atoms with van der Waals surface area (Å²) < 4.78 is 16.8. The Bertz CT molecular complexity index is 1170. The fraction of sp³-hybridized carbons (Fsp3) is 0.444. The number of ether oxygens (including phenoxy) is 3. The van der Waals surface area contributed by atoms with Crippen molar-refractivity contribution < 1.29 is 28.6 Å². The summed E-state index contributed by atoms with van der Waals surface area (Å²) in [5.74, 6) is 1.38. The molecule has 2 saturated heterocycles. The summed E-state index contributed by atoms with van der Waals surface area (Å²) in [5.41, 5.74) is 0.413. The maximum atomic E-state index is 13.5. The van der Waals surface area contributed by atoms with E-state index < -0.39 is 17.5 Å². The van der Waals surface area contributed by atoms with Crippen LogP contribution in [0.25, 0.3) is 0 Å². The van der Waals surface area contributed by atoms with Crippen LogP contribution in [-0.4, -0.2) is 61.1 Å². The number of hydrogen-bond acceptors (Lipinski definition) is 6. The molecule has 3 aliphatic heterocycles. The monoisotopic (exact) mass is 493 g/mol. The van der Waals surface area contributed by atoms with Crippen molar-refractivity contribution in [3.05, 3.63) is 53.6 Å². The number of nitrogens with zero attached hydrogens (tertiary/aromatic N) is 2. The molecule has 190 valence electrons. The van der Waals surface area contributed by atoms with E-state index in [9.17, 15) is 14.4 Å². The second-order valence-corrected chi connectivity index (χ2v) is 9.31. The van der Waals surface area contributed by atoms with Crippen LogP contribution in [-0.2, 0) is 15.1 Å². The Balaban J connectivity index is 1.34. The first-order valence-electron chi connectivity index (χ1n) is 12.4. The van der Waals surface area contributed by atoms with Crippen LogP contribution < -0.4 is 19.5 Å². The molecule has 0 bridgehead atoms. The molecule has 0 saturated carbocycles. The number of carbonyl (C=O) groups is 3. The SMILES string of the molecule is CC[C@@]1(c2ccc(OC)cc2)NC(=O)N(CC(=O)N2CCC[C@@H]2c2ccc3c(c2)OCCCO3)C1=O.